The number of benzene rings is 2. The molecular weight excluding hydrogens is 474 g/mol. The Labute approximate surface area is 226 Å². The highest BCUT2D eigenvalue weighted by Crippen LogP contribution is 2.37. The summed E-state index contributed by atoms with van der Waals surface area (Å²) in [5.74, 6) is 0.988. The first-order valence-electron chi connectivity index (χ1n) is 14.2. The molecule has 6 nitrogen and oxygen atoms in total. The van der Waals surface area contributed by atoms with Gasteiger partial charge in [0.1, 0.15) is 5.75 Å². The molecule has 5 rings (SSSR count). The standard InChI is InChI=1S/C32H41N3O3/c1-23-22-33-31-16-9-26(25-7-12-29(13-8-25)38-20-6-19-34-17-4-5-18-34)21-30(31)32(23)35(24(2)36)27-10-14-28(37-3)15-11-27/h7-9,12-13,16,21-22,27-28H,4-6,10-11,14-15,17-20H2,1-3H3. The van der Waals surface area contributed by atoms with Crippen LogP contribution in [0, 0.1) is 6.92 Å². The van der Waals surface area contributed by atoms with E-state index in [1.807, 2.05) is 11.1 Å². The first-order valence-corrected chi connectivity index (χ1v) is 14.2. The molecule has 0 atom stereocenters. The minimum absolute atomic E-state index is 0.0816. The topological polar surface area (TPSA) is 54.9 Å². The monoisotopic (exact) mass is 515 g/mol. The number of likely N-dealkylation sites (tertiary alicyclic amines) is 1. The Morgan fingerprint density at radius 1 is 1.03 bits per heavy atom. The van der Waals surface area contributed by atoms with Crippen LogP contribution in [-0.4, -0.2) is 61.3 Å². The zero-order valence-electron chi connectivity index (χ0n) is 23.1. The van der Waals surface area contributed by atoms with Crippen molar-refractivity contribution in [2.24, 2.45) is 0 Å². The molecule has 202 valence electrons. The number of carbonyl (C=O) groups excluding carboxylic acids is 1. The van der Waals surface area contributed by atoms with Gasteiger partial charge in [0.15, 0.2) is 0 Å². The number of rotatable bonds is 9. The maximum Gasteiger partial charge on any atom is 0.224 e. The quantitative estimate of drug-likeness (QED) is 0.309. The number of amides is 1. The minimum Gasteiger partial charge on any atom is -0.494 e. The molecule has 38 heavy (non-hydrogen) atoms. The van der Waals surface area contributed by atoms with Gasteiger partial charge in [-0.3, -0.25) is 9.78 Å². The molecule has 2 fully saturated rings. The summed E-state index contributed by atoms with van der Waals surface area (Å²) in [5, 5.41) is 1.02. The number of anilines is 1. The third-order valence-electron chi connectivity index (χ3n) is 8.22. The first kappa shape index (κ1) is 26.6. The molecule has 2 heterocycles. The summed E-state index contributed by atoms with van der Waals surface area (Å²) in [6.07, 6.45) is 9.74. The van der Waals surface area contributed by atoms with Gasteiger partial charge in [-0.15, -0.1) is 0 Å². The SMILES string of the molecule is COC1CCC(N(C(C)=O)c2c(C)cnc3ccc(-c4ccc(OCCCN5CCCC5)cc4)cc23)CC1. The third-order valence-corrected chi connectivity index (χ3v) is 8.22. The van der Waals surface area contributed by atoms with Gasteiger partial charge in [-0.2, -0.15) is 0 Å². The van der Waals surface area contributed by atoms with Gasteiger partial charge in [0.05, 0.1) is 23.9 Å². The molecule has 1 amide bonds. The van der Waals surface area contributed by atoms with E-state index in [0.29, 0.717) is 6.10 Å². The van der Waals surface area contributed by atoms with Crippen LogP contribution in [0.4, 0.5) is 5.69 Å². The van der Waals surface area contributed by atoms with E-state index in [1.54, 1.807) is 14.0 Å². The molecule has 2 aliphatic rings. The Balaban J connectivity index is 1.35. The molecule has 1 aliphatic heterocycles. The van der Waals surface area contributed by atoms with Crippen LogP contribution in [-0.2, 0) is 9.53 Å². The number of fused-ring (bicyclic) bond motifs is 1. The van der Waals surface area contributed by atoms with Crippen LogP contribution in [0.1, 0.15) is 57.4 Å². The zero-order valence-corrected chi connectivity index (χ0v) is 23.1. The van der Waals surface area contributed by atoms with Crippen molar-refractivity contribution in [2.75, 3.05) is 38.3 Å². The Morgan fingerprint density at radius 2 is 1.74 bits per heavy atom. The van der Waals surface area contributed by atoms with E-state index >= 15 is 0 Å². The van der Waals surface area contributed by atoms with Crippen LogP contribution in [0.5, 0.6) is 5.75 Å². The zero-order chi connectivity index (χ0) is 26.5. The first-order chi connectivity index (χ1) is 18.5. The molecule has 0 spiro atoms. The van der Waals surface area contributed by atoms with Crippen molar-refractivity contribution in [3.63, 3.8) is 0 Å². The normalized spacial score (nSPS) is 20.1. The van der Waals surface area contributed by atoms with Crippen molar-refractivity contribution in [1.29, 1.82) is 0 Å². The maximum atomic E-state index is 13.0. The molecule has 0 unspecified atom stereocenters. The smallest absolute Gasteiger partial charge is 0.224 e. The fourth-order valence-corrected chi connectivity index (χ4v) is 6.14. The summed E-state index contributed by atoms with van der Waals surface area (Å²) in [6.45, 7) is 8.07. The van der Waals surface area contributed by atoms with Crippen molar-refractivity contribution >= 4 is 22.5 Å². The summed E-state index contributed by atoms with van der Waals surface area (Å²) in [6, 6.07) is 14.9. The van der Waals surface area contributed by atoms with Crippen LogP contribution in [0.15, 0.2) is 48.7 Å². The number of hydrogen-bond donors (Lipinski definition) is 0. The minimum atomic E-state index is 0.0816. The van der Waals surface area contributed by atoms with Crippen LogP contribution >= 0.6 is 0 Å². The second kappa shape index (κ2) is 12.3. The Kier molecular flexibility index (Phi) is 8.60. The highest BCUT2D eigenvalue weighted by molar-refractivity contribution is 6.04. The van der Waals surface area contributed by atoms with Gasteiger partial charge in [-0.25, -0.2) is 0 Å². The average molecular weight is 516 g/mol. The Bertz CT molecular complexity index is 1230. The lowest BCUT2D eigenvalue weighted by Gasteiger charge is -2.37. The highest BCUT2D eigenvalue weighted by Gasteiger charge is 2.30. The summed E-state index contributed by atoms with van der Waals surface area (Å²) in [4.78, 5) is 22.3. The molecule has 1 aromatic heterocycles. The van der Waals surface area contributed by atoms with E-state index in [4.69, 9.17) is 14.5 Å². The van der Waals surface area contributed by atoms with Crippen molar-refractivity contribution in [3.8, 4) is 16.9 Å². The van der Waals surface area contributed by atoms with Crippen LogP contribution in [0.2, 0.25) is 0 Å². The van der Waals surface area contributed by atoms with E-state index in [1.165, 1.54) is 25.9 Å². The summed E-state index contributed by atoms with van der Waals surface area (Å²) >= 11 is 0. The molecule has 1 saturated carbocycles. The molecule has 6 heteroatoms. The van der Waals surface area contributed by atoms with Gasteiger partial charge < -0.3 is 19.3 Å². The molecule has 0 N–H and O–H groups in total. The summed E-state index contributed by atoms with van der Waals surface area (Å²) < 4.78 is 11.6. The number of ether oxygens (including phenoxy) is 2. The van der Waals surface area contributed by atoms with Crippen molar-refractivity contribution in [2.45, 2.75) is 70.9 Å². The van der Waals surface area contributed by atoms with Crippen molar-refractivity contribution < 1.29 is 14.3 Å². The molecule has 0 radical (unpaired) electrons. The number of hydrogen-bond acceptors (Lipinski definition) is 5. The number of carbonyl (C=O) groups is 1. The molecule has 3 aromatic rings. The number of aryl methyl sites for hydroxylation is 1. The number of pyridine rings is 1. The number of methoxy groups -OCH3 is 1. The number of aromatic nitrogens is 1. The van der Waals surface area contributed by atoms with Gasteiger partial charge in [-0.1, -0.05) is 18.2 Å². The largest absolute Gasteiger partial charge is 0.494 e. The van der Waals surface area contributed by atoms with Gasteiger partial charge in [-0.05, 0) is 106 Å². The summed E-state index contributed by atoms with van der Waals surface area (Å²) in [7, 11) is 1.78. The van der Waals surface area contributed by atoms with E-state index in [0.717, 1.165) is 84.3 Å². The molecular formula is C32H41N3O3. The van der Waals surface area contributed by atoms with E-state index in [2.05, 4.69) is 54.3 Å². The Morgan fingerprint density at radius 3 is 2.42 bits per heavy atom. The van der Waals surface area contributed by atoms with E-state index < -0.39 is 0 Å². The summed E-state index contributed by atoms with van der Waals surface area (Å²) in [5.41, 5.74) is 5.15. The fraction of sp³-hybridized carbons (Fsp3) is 0.500. The second-order valence-corrected chi connectivity index (χ2v) is 10.9. The predicted molar refractivity (Wildman–Crippen MR) is 154 cm³/mol. The van der Waals surface area contributed by atoms with E-state index in [-0.39, 0.29) is 11.9 Å². The molecule has 1 saturated heterocycles. The average Bonchev–Trinajstić information content (AvgIpc) is 3.46. The van der Waals surface area contributed by atoms with Gasteiger partial charge in [0.25, 0.3) is 0 Å². The highest BCUT2D eigenvalue weighted by atomic mass is 16.5. The lowest BCUT2D eigenvalue weighted by molar-refractivity contribution is -0.117. The van der Waals surface area contributed by atoms with Gasteiger partial charge in [0, 0.05) is 38.2 Å². The van der Waals surface area contributed by atoms with Crippen molar-refractivity contribution in [3.05, 3.63) is 54.2 Å². The lowest BCUT2D eigenvalue weighted by Crippen LogP contribution is -2.43. The molecule has 2 aromatic carbocycles. The Hall–Kier alpha value is -2.96. The fourth-order valence-electron chi connectivity index (χ4n) is 6.14. The van der Waals surface area contributed by atoms with Crippen LogP contribution < -0.4 is 9.64 Å². The maximum absolute atomic E-state index is 13.0. The van der Waals surface area contributed by atoms with E-state index in [9.17, 15) is 4.79 Å². The molecule has 0 bridgehead atoms. The van der Waals surface area contributed by atoms with Crippen LogP contribution in [0.3, 0.4) is 0 Å². The van der Waals surface area contributed by atoms with Crippen LogP contribution in [0.25, 0.3) is 22.0 Å². The van der Waals surface area contributed by atoms with Gasteiger partial charge >= 0.3 is 0 Å². The molecule has 1 aliphatic carbocycles. The lowest BCUT2D eigenvalue weighted by atomic mass is 9.90. The second-order valence-electron chi connectivity index (χ2n) is 10.9. The number of nitrogens with zero attached hydrogens (tertiary/aromatic N) is 3. The van der Waals surface area contributed by atoms with Gasteiger partial charge in [0.2, 0.25) is 5.91 Å². The predicted octanol–water partition coefficient (Wildman–Crippen LogP) is 6.39. The van der Waals surface area contributed by atoms with Crippen molar-refractivity contribution in [1.82, 2.24) is 9.88 Å². The third kappa shape index (κ3) is 6.02.